The monoisotopic (exact) mass is 386 g/mol. The number of halogens is 4. The summed E-state index contributed by atoms with van der Waals surface area (Å²) in [6.07, 6.45) is -1.86. The van der Waals surface area contributed by atoms with Gasteiger partial charge < -0.3 is 5.32 Å². The van der Waals surface area contributed by atoms with E-state index in [9.17, 15) is 22.4 Å². The minimum Gasteiger partial charge on any atom is -0.352 e. The number of benzene rings is 1. The Bertz CT molecular complexity index is 756. The Morgan fingerprint density at radius 1 is 1.26 bits per heavy atom. The van der Waals surface area contributed by atoms with Crippen molar-refractivity contribution in [1.82, 2.24) is 20.0 Å². The molecule has 148 valence electrons. The third kappa shape index (κ3) is 6.06. The quantitative estimate of drug-likeness (QED) is 0.560. The van der Waals surface area contributed by atoms with Gasteiger partial charge in [0, 0.05) is 6.54 Å². The Hall–Kier alpha value is -2.42. The molecule has 1 aromatic carbocycles. The van der Waals surface area contributed by atoms with Crippen molar-refractivity contribution < 1.29 is 22.4 Å². The lowest BCUT2D eigenvalue weighted by atomic mass is 10.2. The van der Waals surface area contributed by atoms with E-state index in [1.165, 1.54) is 25.4 Å². The standard InChI is InChI=1S/C18H22F4N4O/c1-3-16-15(11-24-26(16)14-7-5-13(19)6-8-14)17(27)23-9-4-10-25(2)12-18(20,21)22/h5-8,11H,3-4,9-10,12H2,1-2H3,(H,23,27). The van der Waals surface area contributed by atoms with Crippen molar-refractivity contribution in [2.45, 2.75) is 25.9 Å². The second-order valence-corrected chi connectivity index (χ2v) is 6.21. The minimum absolute atomic E-state index is 0.218. The summed E-state index contributed by atoms with van der Waals surface area (Å²) in [7, 11) is 1.39. The van der Waals surface area contributed by atoms with Gasteiger partial charge in [0.05, 0.1) is 29.7 Å². The van der Waals surface area contributed by atoms with E-state index in [1.54, 1.807) is 16.8 Å². The van der Waals surface area contributed by atoms with Crippen molar-refractivity contribution >= 4 is 5.91 Å². The fraction of sp³-hybridized carbons (Fsp3) is 0.444. The zero-order chi connectivity index (χ0) is 20.0. The van der Waals surface area contributed by atoms with Crippen LogP contribution in [0.3, 0.4) is 0 Å². The Labute approximate surface area is 155 Å². The van der Waals surface area contributed by atoms with Crippen LogP contribution in [0.1, 0.15) is 29.4 Å². The number of hydrogen-bond donors (Lipinski definition) is 1. The van der Waals surface area contributed by atoms with E-state index in [0.29, 0.717) is 29.8 Å². The highest BCUT2D eigenvalue weighted by atomic mass is 19.4. The molecular formula is C18H22F4N4O. The number of carbonyl (C=O) groups excluding carboxylic acids is 1. The van der Waals surface area contributed by atoms with Crippen molar-refractivity contribution in [2.75, 3.05) is 26.7 Å². The van der Waals surface area contributed by atoms with E-state index in [-0.39, 0.29) is 24.8 Å². The molecule has 2 aromatic rings. The summed E-state index contributed by atoms with van der Waals surface area (Å²) in [6, 6.07) is 5.76. The summed E-state index contributed by atoms with van der Waals surface area (Å²) in [5, 5.41) is 6.91. The van der Waals surface area contributed by atoms with Gasteiger partial charge in [-0.2, -0.15) is 18.3 Å². The summed E-state index contributed by atoms with van der Waals surface area (Å²) in [6.45, 7) is 1.37. The number of aromatic nitrogens is 2. The van der Waals surface area contributed by atoms with Crippen LogP contribution in [-0.2, 0) is 6.42 Å². The average Bonchev–Trinajstić information content (AvgIpc) is 3.01. The number of amides is 1. The molecule has 0 saturated carbocycles. The number of nitrogens with zero attached hydrogens (tertiary/aromatic N) is 3. The molecular weight excluding hydrogens is 364 g/mol. The fourth-order valence-corrected chi connectivity index (χ4v) is 2.74. The normalized spacial score (nSPS) is 11.8. The van der Waals surface area contributed by atoms with Crippen molar-refractivity contribution in [3.63, 3.8) is 0 Å². The van der Waals surface area contributed by atoms with Crippen LogP contribution in [-0.4, -0.2) is 53.4 Å². The number of nitrogens with one attached hydrogen (secondary N) is 1. The molecule has 0 aliphatic carbocycles. The molecule has 0 unspecified atom stereocenters. The van der Waals surface area contributed by atoms with E-state index < -0.39 is 12.7 Å². The van der Waals surface area contributed by atoms with Gasteiger partial charge in [-0.3, -0.25) is 9.69 Å². The van der Waals surface area contributed by atoms with Gasteiger partial charge in [-0.25, -0.2) is 9.07 Å². The molecule has 1 aromatic heterocycles. The molecule has 0 aliphatic rings. The summed E-state index contributed by atoms with van der Waals surface area (Å²) in [4.78, 5) is 13.5. The van der Waals surface area contributed by atoms with Crippen LogP contribution in [0.2, 0.25) is 0 Å². The Morgan fingerprint density at radius 3 is 2.52 bits per heavy atom. The van der Waals surface area contributed by atoms with Gasteiger partial charge in [0.2, 0.25) is 0 Å². The predicted molar refractivity (Wildman–Crippen MR) is 93.4 cm³/mol. The molecule has 0 atom stereocenters. The van der Waals surface area contributed by atoms with E-state index in [4.69, 9.17) is 0 Å². The number of hydrogen-bond acceptors (Lipinski definition) is 3. The van der Waals surface area contributed by atoms with E-state index in [0.717, 1.165) is 4.90 Å². The number of carbonyl (C=O) groups is 1. The van der Waals surface area contributed by atoms with Crippen molar-refractivity contribution in [3.05, 3.63) is 47.5 Å². The van der Waals surface area contributed by atoms with E-state index >= 15 is 0 Å². The molecule has 0 spiro atoms. The zero-order valence-electron chi connectivity index (χ0n) is 15.2. The Morgan fingerprint density at radius 2 is 1.93 bits per heavy atom. The second kappa shape index (κ2) is 8.98. The zero-order valence-corrected chi connectivity index (χ0v) is 15.2. The molecule has 0 saturated heterocycles. The maximum absolute atomic E-state index is 13.1. The molecule has 1 N–H and O–H groups in total. The highest BCUT2D eigenvalue weighted by Crippen LogP contribution is 2.17. The maximum Gasteiger partial charge on any atom is 0.401 e. The molecule has 5 nitrogen and oxygen atoms in total. The summed E-state index contributed by atoms with van der Waals surface area (Å²) < 4.78 is 51.5. The second-order valence-electron chi connectivity index (χ2n) is 6.21. The number of rotatable bonds is 8. The third-order valence-electron chi connectivity index (χ3n) is 3.97. The van der Waals surface area contributed by atoms with Crippen molar-refractivity contribution in [3.8, 4) is 5.69 Å². The lowest BCUT2D eigenvalue weighted by Gasteiger charge is -2.18. The van der Waals surface area contributed by atoms with Gasteiger partial charge >= 0.3 is 6.18 Å². The number of alkyl halides is 3. The van der Waals surface area contributed by atoms with Crippen molar-refractivity contribution in [2.24, 2.45) is 0 Å². The Balaban J connectivity index is 1.94. The average molecular weight is 386 g/mol. The first-order valence-corrected chi connectivity index (χ1v) is 8.57. The van der Waals surface area contributed by atoms with Crippen molar-refractivity contribution in [1.29, 1.82) is 0 Å². The van der Waals surface area contributed by atoms with Crippen LogP contribution in [0.15, 0.2) is 30.5 Å². The maximum atomic E-state index is 13.1. The molecule has 0 aliphatic heterocycles. The van der Waals surface area contributed by atoms with E-state index in [2.05, 4.69) is 10.4 Å². The smallest absolute Gasteiger partial charge is 0.352 e. The van der Waals surface area contributed by atoms with Gasteiger partial charge in [0.15, 0.2) is 0 Å². The first-order valence-electron chi connectivity index (χ1n) is 8.57. The highest BCUT2D eigenvalue weighted by molar-refractivity contribution is 5.95. The molecule has 0 fully saturated rings. The van der Waals surface area contributed by atoms with Gasteiger partial charge in [-0.15, -0.1) is 0 Å². The molecule has 27 heavy (non-hydrogen) atoms. The fourth-order valence-electron chi connectivity index (χ4n) is 2.74. The molecule has 0 bridgehead atoms. The van der Waals surface area contributed by atoms with Crippen LogP contribution < -0.4 is 5.32 Å². The summed E-state index contributed by atoms with van der Waals surface area (Å²) in [5.41, 5.74) is 1.71. The third-order valence-corrected chi connectivity index (χ3v) is 3.97. The molecule has 0 radical (unpaired) electrons. The largest absolute Gasteiger partial charge is 0.401 e. The Kier molecular flexibility index (Phi) is 6.95. The van der Waals surface area contributed by atoms with Crippen LogP contribution >= 0.6 is 0 Å². The van der Waals surface area contributed by atoms with E-state index in [1.807, 2.05) is 6.92 Å². The predicted octanol–water partition coefficient (Wildman–Crippen LogP) is 3.19. The first kappa shape index (κ1) is 20.9. The molecule has 2 rings (SSSR count). The summed E-state index contributed by atoms with van der Waals surface area (Å²) in [5.74, 6) is -0.698. The van der Waals surface area contributed by atoms with Crippen LogP contribution in [0.5, 0.6) is 0 Å². The van der Waals surface area contributed by atoms with Gasteiger partial charge in [-0.05, 0) is 50.7 Å². The lowest BCUT2D eigenvalue weighted by molar-refractivity contribution is -0.143. The highest BCUT2D eigenvalue weighted by Gasteiger charge is 2.28. The minimum atomic E-state index is -4.23. The summed E-state index contributed by atoms with van der Waals surface area (Å²) >= 11 is 0. The molecule has 9 heteroatoms. The molecule has 1 heterocycles. The van der Waals surface area contributed by atoms with Gasteiger partial charge in [0.25, 0.3) is 5.91 Å². The topological polar surface area (TPSA) is 50.2 Å². The first-order chi connectivity index (χ1) is 12.7. The van der Waals surface area contributed by atoms with Crippen LogP contribution in [0.4, 0.5) is 17.6 Å². The lowest BCUT2D eigenvalue weighted by Crippen LogP contribution is -2.34. The van der Waals surface area contributed by atoms with Crippen LogP contribution in [0.25, 0.3) is 5.69 Å². The van der Waals surface area contributed by atoms with Gasteiger partial charge in [0.1, 0.15) is 5.82 Å². The van der Waals surface area contributed by atoms with Gasteiger partial charge in [-0.1, -0.05) is 6.92 Å². The molecule has 1 amide bonds. The van der Waals surface area contributed by atoms with Crippen LogP contribution in [0, 0.1) is 5.82 Å². The SMILES string of the molecule is CCc1c(C(=O)NCCCN(C)CC(F)(F)F)cnn1-c1ccc(F)cc1.